The fourth-order valence-corrected chi connectivity index (χ4v) is 3.54. The summed E-state index contributed by atoms with van der Waals surface area (Å²) in [4.78, 5) is 27.3. The number of halogens is 1. The minimum atomic E-state index is -0.414. The molecule has 0 saturated carbocycles. The molecule has 0 N–H and O–H groups in total. The fraction of sp³-hybridized carbons (Fsp3) is 0.217. The first-order chi connectivity index (χ1) is 13.5. The maximum Gasteiger partial charge on any atom is 0.336 e. The van der Waals surface area contributed by atoms with Gasteiger partial charge in [-0.1, -0.05) is 60.1 Å². The first kappa shape index (κ1) is 19.9. The van der Waals surface area contributed by atoms with Crippen molar-refractivity contribution < 1.29 is 14.3 Å². The van der Waals surface area contributed by atoms with E-state index >= 15 is 0 Å². The molecule has 28 heavy (non-hydrogen) atoms. The maximum absolute atomic E-state index is 13.0. The molecule has 1 aliphatic heterocycles. The number of rotatable bonds is 6. The zero-order chi connectivity index (χ0) is 20.1. The largest absolute Gasteiger partial charge is 0.457 e. The number of amides is 1. The molecule has 1 atom stereocenters. The maximum atomic E-state index is 13.0. The number of carbonyl (C=O) groups excluding carboxylic acids is 2. The number of hydrogen-bond acceptors (Lipinski definition) is 3. The SMILES string of the molecule is C=CCN1C(=O)CC(c2ccc(Cl)cc2)C(C(=O)OCc2ccccc2)=C1C. The molecule has 0 saturated heterocycles. The third kappa shape index (κ3) is 4.34. The van der Waals surface area contributed by atoms with Gasteiger partial charge >= 0.3 is 5.97 Å². The number of ether oxygens (including phenoxy) is 1. The number of esters is 1. The van der Waals surface area contributed by atoms with Crippen LogP contribution in [-0.2, 0) is 20.9 Å². The van der Waals surface area contributed by atoms with Gasteiger partial charge in [-0.15, -0.1) is 6.58 Å². The summed E-state index contributed by atoms with van der Waals surface area (Å²) in [7, 11) is 0. The molecule has 0 fully saturated rings. The minimum absolute atomic E-state index is 0.0445. The molecule has 4 nitrogen and oxygen atoms in total. The van der Waals surface area contributed by atoms with Crippen LogP contribution >= 0.6 is 11.6 Å². The van der Waals surface area contributed by atoms with Crippen LogP contribution in [0.15, 0.2) is 78.5 Å². The summed E-state index contributed by atoms with van der Waals surface area (Å²) < 4.78 is 5.59. The van der Waals surface area contributed by atoms with Crippen LogP contribution in [0.1, 0.15) is 30.4 Å². The van der Waals surface area contributed by atoms with Gasteiger partial charge in [-0.25, -0.2) is 4.79 Å². The van der Waals surface area contributed by atoms with Gasteiger partial charge in [0.25, 0.3) is 0 Å². The lowest BCUT2D eigenvalue weighted by Crippen LogP contribution is -2.38. The van der Waals surface area contributed by atoms with Gasteiger partial charge in [-0.2, -0.15) is 0 Å². The summed E-state index contributed by atoms with van der Waals surface area (Å²) in [6.45, 7) is 6.02. The van der Waals surface area contributed by atoms with E-state index in [-0.39, 0.29) is 24.9 Å². The Bertz CT molecular complexity index is 903. The molecule has 0 bridgehead atoms. The molecule has 1 heterocycles. The number of carbonyl (C=O) groups is 2. The van der Waals surface area contributed by atoms with Crippen molar-refractivity contribution >= 4 is 23.5 Å². The molecule has 144 valence electrons. The average Bonchev–Trinajstić information content (AvgIpc) is 2.70. The second-order valence-electron chi connectivity index (χ2n) is 6.66. The van der Waals surface area contributed by atoms with Crippen molar-refractivity contribution in [3.63, 3.8) is 0 Å². The Hall–Kier alpha value is -2.85. The molecule has 0 aliphatic carbocycles. The van der Waals surface area contributed by atoms with Crippen LogP contribution in [0.25, 0.3) is 0 Å². The molecule has 5 heteroatoms. The van der Waals surface area contributed by atoms with Crippen molar-refractivity contribution in [2.24, 2.45) is 0 Å². The van der Waals surface area contributed by atoms with Crippen molar-refractivity contribution in [1.82, 2.24) is 4.90 Å². The Morgan fingerprint density at radius 2 is 1.89 bits per heavy atom. The zero-order valence-corrected chi connectivity index (χ0v) is 16.5. The Balaban J connectivity index is 1.93. The van der Waals surface area contributed by atoms with Gasteiger partial charge in [-0.3, -0.25) is 4.79 Å². The van der Waals surface area contributed by atoms with E-state index in [4.69, 9.17) is 16.3 Å². The van der Waals surface area contributed by atoms with Crippen LogP contribution in [0.3, 0.4) is 0 Å². The van der Waals surface area contributed by atoms with Crippen LogP contribution in [0, 0.1) is 0 Å². The van der Waals surface area contributed by atoms with E-state index in [1.54, 1.807) is 30.0 Å². The van der Waals surface area contributed by atoms with Crippen molar-refractivity contribution in [2.45, 2.75) is 25.9 Å². The van der Waals surface area contributed by atoms with E-state index in [1.807, 2.05) is 42.5 Å². The van der Waals surface area contributed by atoms with Crippen molar-refractivity contribution in [2.75, 3.05) is 6.54 Å². The lowest BCUT2D eigenvalue weighted by Gasteiger charge is -2.34. The van der Waals surface area contributed by atoms with Gasteiger partial charge < -0.3 is 9.64 Å². The summed E-state index contributed by atoms with van der Waals surface area (Å²) in [6.07, 6.45) is 1.85. The highest BCUT2D eigenvalue weighted by molar-refractivity contribution is 6.30. The van der Waals surface area contributed by atoms with Gasteiger partial charge in [0, 0.05) is 29.6 Å². The van der Waals surface area contributed by atoms with Crippen molar-refractivity contribution in [1.29, 1.82) is 0 Å². The van der Waals surface area contributed by atoms with E-state index in [0.29, 0.717) is 22.8 Å². The van der Waals surface area contributed by atoms with Gasteiger partial charge in [0.1, 0.15) is 6.61 Å². The zero-order valence-electron chi connectivity index (χ0n) is 15.7. The summed E-state index contributed by atoms with van der Waals surface area (Å²) in [5, 5.41) is 0.605. The molecule has 2 aromatic rings. The smallest absolute Gasteiger partial charge is 0.336 e. The fourth-order valence-electron chi connectivity index (χ4n) is 3.41. The second-order valence-corrected chi connectivity index (χ2v) is 7.10. The molecule has 1 unspecified atom stereocenters. The highest BCUT2D eigenvalue weighted by Crippen LogP contribution is 2.37. The minimum Gasteiger partial charge on any atom is -0.457 e. The molecular weight excluding hydrogens is 374 g/mol. The highest BCUT2D eigenvalue weighted by atomic mass is 35.5. The molecule has 0 spiro atoms. The number of hydrogen-bond donors (Lipinski definition) is 0. The van der Waals surface area contributed by atoms with Crippen LogP contribution in [0.2, 0.25) is 5.02 Å². The topological polar surface area (TPSA) is 46.6 Å². The first-order valence-electron chi connectivity index (χ1n) is 9.09. The number of nitrogens with zero attached hydrogens (tertiary/aromatic N) is 1. The average molecular weight is 396 g/mol. The Kier molecular flexibility index (Phi) is 6.32. The summed E-state index contributed by atoms with van der Waals surface area (Å²) in [6, 6.07) is 16.7. The summed E-state index contributed by atoms with van der Waals surface area (Å²) in [5.74, 6) is -0.825. The second kappa shape index (κ2) is 8.89. The van der Waals surface area contributed by atoms with E-state index in [2.05, 4.69) is 6.58 Å². The molecule has 1 aliphatic rings. The molecule has 0 aromatic heterocycles. The monoisotopic (exact) mass is 395 g/mol. The van der Waals surface area contributed by atoms with Gasteiger partial charge in [0.05, 0.1) is 5.57 Å². The molecule has 3 rings (SSSR count). The van der Waals surface area contributed by atoms with Crippen LogP contribution in [-0.4, -0.2) is 23.3 Å². The third-order valence-electron chi connectivity index (χ3n) is 4.84. The van der Waals surface area contributed by atoms with Crippen molar-refractivity contribution in [3.05, 3.63) is 94.7 Å². The quantitative estimate of drug-likeness (QED) is 0.518. The van der Waals surface area contributed by atoms with Gasteiger partial charge in [0.2, 0.25) is 5.91 Å². The highest BCUT2D eigenvalue weighted by Gasteiger charge is 2.36. The normalized spacial score (nSPS) is 16.9. The Morgan fingerprint density at radius 3 is 2.54 bits per heavy atom. The van der Waals surface area contributed by atoms with Gasteiger partial charge in [0.15, 0.2) is 0 Å². The Morgan fingerprint density at radius 1 is 1.21 bits per heavy atom. The summed E-state index contributed by atoms with van der Waals surface area (Å²) in [5.41, 5.74) is 2.88. The van der Waals surface area contributed by atoms with Crippen molar-refractivity contribution in [3.8, 4) is 0 Å². The molecular formula is C23H22ClNO3. The van der Waals surface area contributed by atoms with E-state index in [1.165, 1.54) is 0 Å². The van der Waals surface area contributed by atoms with Crippen LogP contribution in [0.5, 0.6) is 0 Å². The first-order valence-corrected chi connectivity index (χ1v) is 9.47. The van der Waals surface area contributed by atoms with E-state index < -0.39 is 5.97 Å². The lowest BCUT2D eigenvalue weighted by molar-refractivity contribution is -0.141. The molecule has 0 radical (unpaired) electrons. The lowest BCUT2D eigenvalue weighted by atomic mass is 9.83. The standard InChI is InChI=1S/C23H22ClNO3/c1-3-13-25-16(2)22(23(27)28-15-17-7-5-4-6-8-17)20(14-21(25)26)18-9-11-19(24)12-10-18/h3-12,20H,1,13-15H2,2H3. The van der Waals surface area contributed by atoms with Crippen LogP contribution in [0.4, 0.5) is 0 Å². The van der Waals surface area contributed by atoms with Gasteiger partial charge in [-0.05, 0) is 30.2 Å². The Labute approximate surface area is 170 Å². The predicted molar refractivity (Wildman–Crippen MR) is 110 cm³/mol. The molecule has 1 amide bonds. The van der Waals surface area contributed by atoms with Crippen LogP contribution < -0.4 is 0 Å². The number of allylic oxidation sites excluding steroid dienone is 1. The third-order valence-corrected chi connectivity index (χ3v) is 5.09. The number of benzene rings is 2. The molecule has 2 aromatic carbocycles. The van der Waals surface area contributed by atoms with E-state index in [0.717, 1.165) is 11.1 Å². The summed E-state index contributed by atoms with van der Waals surface area (Å²) >= 11 is 6.00. The predicted octanol–water partition coefficient (Wildman–Crippen LogP) is 4.86. The van der Waals surface area contributed by atoms with E-state index in [9.17, 15) is 9.59 Å².